The van der Waals surface area contributed by atoms with Crippen molar-refractivity contribution in [3.8, 4) is 0 Å². The summed E-state index contributed by atoms with van der Waals surface area (Å²) in [7, 11) is 0. The fourth-order valence-electron chi connectivity index (χ4n) is 4.97. The van der Waals surface area contributed by atoms with Gasteiger partial charge in [0.15, 0.2) is 0 Å². The van der Waals surface area contributed by atoms with Crippen LogP contribution in [0.15, 0.2) is 0 Å². The Morgan fingerprint density at radius 1 is 1.33 bits per heavy atom. The second-order valence-corrected chi connectivity index (χ2v) is 8.13. The molecule has 0 aromatic heterocycles. The van der Waals surface area contributed by atoms with Gasteiger partial charge in [0.2, 0.25) is 5.91 Å². The number of carbonyl (C=O) groups excluding carboxylic acids is 1. The van der Waals surface area contributed by atoms with Crippen molar-refractivity contribution in [2.45, 2.75) is 64.5 Å². The maximum atomic E-state index is 12.7. The van der Waals surface area contributed by atoms with Crippen molar-refractivity contribution < 1.29 is 9.53 Å². The summed E-state index contributed by atoms with van der Waals surface area (Å²) >= 11 is 0. The normalized spacial score (nSPS) is 44.8. The lowest BCUT2D eigenvalue weighted by Crippen LogP contribution is -2.80. The third kappa shape index (κ3) is 2.22. The van der Waals surface area contributed by atoms with Crippen molar-refractivity contribution in [3.05, 3.63) is 0 Å². The molecule has 1 amide bonds. The zero-order valence-electron chi connectivity index (χ0n) is 13.7. The van der Waals surface area contributed by atoms with Crippen LogP contribution in [0.3, 0.4) is 0 Å². The molecule has 0 aromatic rings. The highest BCUT2D eigenvalue weighted by molar-refractivity contribution is 5.89. The van der Waals surface area contributed by atoms with E-state index in [0.29, 0.717) is 5.92 Å². The molecule has 4 heteroatoms. The molecule has 0 aromatic carbocycles. The lowest BCUT2D eigenvalue weighted by molar-refractivity contribution is -0.175. The molecule has 4 nitrogen and oxygen atoms in total. The van der Waals surface area contributed by atoms with Crippen LogP contribution in [0.5, 0.6) is 0 Å². The molecule has 5 atom stereocenters. The minimum atomic E-state index is -0.756. The number of rotatable bonds is 3. The van der Waals surface area contributed by atoms with Gasteiger partial charge in [-0.15, -0.1) is 0 Å². The van der Waals surface area contributed by atoms with Gasteiger partial charge in [0, 0.05) is 24.5 Å². The summed E-state index contributed by atoms with van der Waals surface area (Å²) in [6.07, 6.45) is 6.16. The Bertz CT molecular complexity index is 423. The molecule has 0 radical (unpaired) electrons. The second kappa shape index (κ2) is 5.24. The van der Waals surface area contributed by atoms with Crippen molar-refractivity contribution in [2.75, 3.05) is 13.2 Å². The van der Waals surface area contributed by atoms with Crippen LogP contribution >= 0.6 is 0 Å². The number of amides is 1. The van der Waals surface area contributed by atoms with Gasteiger partial charge in [-0.2, -0.15) is 0 Å². The van der Waals surface area contributed by atoms with Crippen LogP contribution in [-0.4, -0.2) is 30.7 Å². The first-order valence-electron chi connectivity index (χ1n) is 8.56. The van der Waals surface area contributed by atoms with Gasteiger partial charge in [0.1, 0.15) is 5.54 Å². The molecule has 3 fully saturated rings. The standard InChI is InChI=1S/C17H30N2O2/c1-11-5-4-6-12(9-11)10-19-15(20)17(18)13-7-8-21-14(13)16(17,2)3/h11-14H,4-10,18H2,1-3H3,(H,19,20). The Morgan fingerprint density at radius 2 is 2.10 bits per heavy atom. The predicted octanol–water partition coefficient (Wildman–Crippen LogP) is 2.07. The van der Waals surface area contributed by atoms with Gasteiger partial charge in [0.25, 0.3) is 0 Å². The zero-order valence-corrected chi connectivity index (χ0v) is 13.7. The molecular formula is C17H30N2O2. The van der Waals surface area contributed by atoms with E-state index in [1.54, 1.807) is 0 Å². The molecule has 0 bridgehead atoms. The van der Waals surface area contributed by atoms with E-state index >= 15 is 0 Å². The summed E-state index contributed by atoms with van der Waals surface area (Å²) in [5, 5.41) is 3.16. The number of nitrogens with two attached hydrogens (primary N) is 1. The summed E-state index contributed by atoms with van der Waals surface area (Å²) in [4.78, 5) is 12.7. The van der Waals surface area contributed by atoms with E-state index in [1.807, 2.05) is 0 Å². The fourth-order valence-corrected chi connectivity index (χ4v) is 4.97. The summed E-state index contributed by atoms with van der Waals surface area (Å²) in [6, 6.07) is 0. The highest BCUT2D eigenvalue weighted by atomic mass is 16.5. The van der Waals surface area contributed by atoms with Gasteiger partial charge >= 0.3 is 0 Å². The number of fused-ring (bicyclic) bond motifs is 1. The Hall–Kier alpha value is -0.610. The first-order chi connectivity index (χ1) is 9.87. The van der Waals surface area contributed by atoms with Crippen molar-refractivity contribution in [3.63, 3.8) is 0 Å². The van der Waals surface area contributed by atoms with Crippen LogP contribution in [0.4, 0.5) is 0 Å². The Labute approximate surface area is 128 Å². The Balaban J connectivity index is 1.60. The summed E-state index contributed by atoms with van der Waals surface area (Å²) in [5.41, 5.74) is 5.54. The van der Waals surface area contributed by atoms with Gasteiger partial charge in [-0.05, 0) is 31.1 Å². The highest BCUT2D eigenvalue weighted by Crippen LogP contribution is 2.58. The minimum absolute atomic E-state index is 0.0393. The molecule has 2 aliphatic carbocycles. The molecule has 120 valence electrons. The number of hydrogen-bond donors (Lipinski definition) is 2. The quantitative estimate of drug-likeness (QED) is 0.837. The first-order valence-corrected chi connectivity index (χ1v) is 8.56. The first kappa shape index (κ1) is 15.3. The molecule has 1 saturated heterocycles. The number of nitrogens with one attached hydrogen (secondary N) is 1. The topological polar surface area (TPSA) is 64.4 Å². The third-order valence-corrected chi connectivity index (χ3v) is 6.43. The molecule has 3 rings (SSSR count). The molecule has 5 unspecified atom stereocenters. The van der Waals surface area contributed by atoms with Crippen molar-refractivity contribution in [1.29, 1.82) is 0 Å². The molecule has 3 N–H and O–H groups in total. The van der Waals surface area contributed by atoms with Crippen LogP contribution in [-0.2, 0) is 9.53 Å². The van der Waals surface area contributed by atoms with E-state index in [2.05, 4.69) is 26.1 Å². The number of carbonyl (C=O) groups is 1. The van der Waals surface area contributed by atoms with Crippen molar-refractivity contribution in [1.82, 2.24) is 5.32 Å². The third-order valence-electron chi connectivity index (χ3n) is 6.43. The summed E-state index contributed by atoms with van der Waals surface area (Å²) < 4.78 is 5.76. The smallest absolute Gasteiger partial charge is 0.241 e. The number of hydrogen-bond acceptors (Lipinski definition) is 3. The van der Waals surface area contributed by atoms with E-state index in [1.165, 1.54) is 25.7 Å². The van der Waals surface area contributed by atoms with Crippen LogP contribution < -0.4 is 11.1 Å². The lowest BCUT2D eigenvalue weighted by atomic mass is 9.48. The maximum Gasteiger partial charge on any atom is 0.241 e. The fraction of sp³-hybridized carbons (Fsp3) is 0.941. The van der Waals surface area contributed by atoms with Crippen LogP contribution in [0, 0.1) is 23.2 Å². The van der Waals surface area contributed by atoms with E-state index in [-0.39, 0.29) is 23.3 Å². The van der Waals surface area contributed by atoms with Gasteiger partial charge < -0.3 is 15.8 Å². The molecular weight excluding hydrogens is 264 g/mol. The lowest BCUT2D eigenvalue weighted by Gasteiger charge is -2.60. The van der Waals surface area contributed by atoms with Crippen LogP contribution in [0.25, 0.3) is 0 Å². The van der Waals surface area contributed by atoms with Crippen molar-refractivity contribution >= 4 is 5.91 Å². The largest absolute Gasteiger partial charge is 0.377 e. The van der Waals surface area contributed by atoms with Crippen LogP contribution in [0.1, 0.15) is 52.9 Å². The molecule has 2 saturated carbocycles. The van der Waals surface area contributed by atoms with Crippen LogP contribution in [0.2, 0.25) is 0 Å². The van der Waals surface area contributed by atoms with Gasteiger partial charge in [-0.1, -0.05) is 33.6 Å². The molecule has 1 aliphatic heterocycles. The summed E-state index contributed by atoms with van der Waals surface area (Å²) in [6.45, 7) is 7.99. The predicted molar refractivity (Wildman–Crippen MR) is 82.7 cm³/mol. The molecule has 0 spiro atoms. The van der Waals surface area contributed by atoms with Gasteiger partial charge in [-0.25, -0.2) is 0 Å². The molecule has 1 heterocycles. The zero-order chi connectivity index (χ0) is 15.3. The Morgan fingerprint density at radius 3 is 2.81 bits per heavy atom. The Kier molecular flexibility index (Phi) is 3.81. The average molecular weight is 294 g/mol. The average Bonchev–Trinajstić information content (AvgIpc) is 2.92. The SMILES string of the molecule is CC1CCCC(CNC(=O)C2(N)C3CCOC3C2(C)C)C1. The van der Waals surface area contributed by atoms with E-state index in [4.69, 9.17) is 10.5 Å². The summed E-state index contributed by atoms with van der Waals surface area (Å²) in [5.74, 6) is 1.65. The monoisotopic (exact) mass is 294 g/mol. The van der Waals surface area contributed by atoms with E-state index in [0.717, 1.165) is 25.5 Å². The number of ether oxygens (including phenoxy) is 1. The van der Waals surface area contributed by atoms with Gasteiger partial charge in [-0.3, -0.25) is 4.79 Å². The minimum Gasteiger partial charge on any atom is -0.377 e. The van der Waals surface area contributed by atoms with E-state index < -0.39 is 5.54 Å². The van der Waals surface area contributed by atoms with Gasteiger partial charge in [0.05, 0.1) is 6.10 Å². The molecule has 21 heavy (non-hydrogen) atoms. The molecule has 3 aliphatic rings. The maximum absolute atomic E-state index is 12.7. The highest BCUT2D eigenvalue weighted by Gasteiger charge is 2.71. The second-order valence-electron chi connectivity index (χ2n) is 8.13. The van der Waals surface area contributed by atoms with Crippen molar-refractivity contribution in [2.24, 2.45) is 28.9 Å². The van der Waals surface area contributed by atoms with E-state index in [9.17, 15) is 4.79 Å².